The fourth-order valence-corrected chi connectivity index (χ4v) is 1.45. The molecule has 15 heavy (non-hydrogen) atoms. The van der Waals surface area contributed by atoms with Crippen molar-refractivity contribution in [3.05, 3.63) is 35.6 Å². The van der Waals surface area contributed by atoms with Crippen LogP contribution >= 0.6 is 0 Å². The zero-order chi connectivity index (χ0) is 11.3. The zero-order valence-corrected chi connectivity index (χ0v) is 9.28. The Balaban J connectivity index is 2.44. The number of rotatable bonds is 5. The van der Waals surface area contributed by atoms with E-state index >= 15 is 0 Å². The Hall–Kier alpha value is -0.930. The Kier molecular flexibility index (Phi) is 4.72. The smallest absolute Gasteiger partial charge is 0.123 e. The van der Waals surface area contributed by atoms with Gasteiger partial charge in [-0.05, 0) is 31.2 Å². The third-order valence-corrected chi connectivity index (χ3v) is 2.36. The number of nitrogens with zero attached hydrogens (tertiary/aromatic N) is 1. The van der Waals surface area contributed by atoms with Gasteiger partial charge in [-0.25, -0.2) is 4.39 Å². The highest BCUT2D eigenvalue weighted by Crippen LogP contribution is 2.06. The SMILES string of the molecule is CCC(O)CN(C)Cc1ccc(F)cc1. The first-order valence-electron chi connectivity index (χ1n) is 5.23. The van der Waals surface area contributed by atoms with Crippen LogP contribution in [0.5, 0.6) is 0 Å². The van der Waals surface area contributed by atoms with Crippen LogP contribution < -0.4 is 0 Å². The maximum Gasteiger partial charge on any atom is 0.123 e. The maximum absolute atomic E-state index is 12.6. The average molecular weight is 211 g/mol. The van der Waals surface area contributed by atoms with E-state index in [0.717, 1.165) is 18.5 Å². The largest absolute Gasteiger partial charge is 0.392 e. The van der Waals surface area contributed by atoms with Gasteiger partial charge in [0.15, 0.2) is 0 Å². The van der Waals surface area contributed by atoms with Crippen molar-refractivity contribution in [3.8, 4) is 0 Å². The molecule has 0 spiro atoms. The molecule has 0 fully saturated rings. The summed E-state index contributed by atoms with van der Waals surface area (Å²) in [4.78, 5) is 2.03. The molecule has 1 atom stereocenters. The molecule has 0 amide bonds. The third-order valence-electron chi connectivity index (χ3n) is 2.36. The predicted molar refractivity (Wildman–Crippen MR) is 59.0 cm³/mol. The van der Waals surface area contributed by atoms with Gasteiger partial charge in [0, 0.05) is 13.1 Å². The molecule has 1 N–H and O–H groups in total. The van der Waals surface area contributed by atoms with E-state index in [1.165, 1.54) is 12.1 Å². The summed E-state index contributed by atoms with van der Waals surface area (Å²) in [5.74, 6) is -0.213. The van der Waals surface area contributed by atoms with Crippen LogP contribution in [0.1, 0.15) is 18.9 Å². The van der Waals surface area contributed by atoms with E-state index in [4.69, 9.17) is 0 Å². The van der Waals surface area contributed by atoms with Gasteiger partial charge in [-0.2, -0.15) is 0 Å². The van der Waals surface area contributed by atoms with Crippen LogP contribution in [0.15, 0.2) is 24.3 Å². The lowest BCUT2D eigenvalue weighted by Gasteiger charge is -2.19. The van der Waals surface area contributed by atoms with E-state index in [2.05, 4.69) is 0 Å². The summed E-state index contributed by atoms with van der Waals surface area (Å²) in [6.45, 7) is 3.33. The van der Waals surface area contributed by atoms with Crippen molar-refractivity contribution in [2.75, 3.05) is 13.6 Å². The molecule has 0 heterocycles. The highest BCUT2D eigenvalue weighted by Gasteiger charge is 2.06. The molecule has 0 saturated heterocycles. The molecule has 0 saturated carbocycles. The number of likely N-dealkylation sites (N-methyl/N-ethyl adjacent to an activating group) is 1. The third kappa shape index (κ3) is 4.40. The Morgan fingerprint density at radius 3 is 2.47 bits per heavy atom. The molecule has 0 aliphatic heterocycles. The van der Waals surface area contributed by atoms with Crippen molar-refractivity contribution in [2.24, 2.45) is 0 Å². The van der Waals surface area contributed by atoms with E-state index in [-0.39, 0.29) is 11.9 Å². The molecule has 1 aromatic carbocycles. The molecule has 0 radical (unpaired) electrons. The monoisotopic (exact) mass is 211 g/mol. The van der Waals surface area contributed by atoms with Crippen LogP contribution in [-0.2, 0) is 6.54 Å². The molecule has 84 valence electrons. The lowest BCUT2D eigenvalue weighted by molar-refractivity contribution is 0.119. The number of aliphatic hydroxyl groups excluding tert-OH is 1. The van der Waals surface area contributed by atoms with Gasteiger partial charge in [-0.1, -0.05) is 19.1 Å². The molecule has 1 unspecified atom stereocenters. The molecule has 0 bridgehead atoms. The fraction of sp³-hybridized carbons (Fsp3) is 0.500. The highest BCUT2D eigenvalue weighted by atomic mass is 19.1. The van der Waals surface area contributed by atoms with Crippen molar-refractivity contribution in [1.29, 1.82) is 0 Å². The lowest BCUT2D eigenvalue weighted by atomic mass is 10.2. The Morgan fingerprint density at radius 1 is 1.33 bits per heavy atom. The highest BCUT2D eigenvalue weighted by molar-refractivity contribution is 5.15. The lowest BCUT2D eigenvalue weighted by Crippen LogP contribution is -2.28. The molecule has 0 aliphatic carbocycles. The van der Waals surface area contributed by atoms with Crippen LogP contribution in [0, 0.1) is 5.82 Å². The number of aliphatic hydroxyl groups is 1. The molecule has 1 rings (SSSR count). The maximum atomic E-state index is 12.6. The van der Waals surface area contributed by atoms with Crippen molar-refractivity contribution in [3.63, 3.8) is 0 Å². The van der Waals surface area contributed by atoms with E-state index in [1.807, 2.05) is 18.9 Å². The summed E-state index contributed by atoms with van der Waals surface area (Å²) in [6, 6.07) is 6.45. The summed E-state index contributed by atoms with van der Waals surface area (Å²) in [5.41, 5.74) is 1.06. The average Bonchev–Trinajstić information content (AvgIpc) is 2.21. The normalized spacial score (nSPS) is 13.1. The quantitative estimate of drug-likeness (QED) is 0.805. The molecule has 1 aromatic rings. The Bertz CT molecular complexity index is 286. The van der Waals surface area contributed by atoms with Crippen LogP contribution in [0.3, 0.4) is 0 Å². The Morgan fingerprint density at radius 2 is 1.93 bits per heavy atom. The fourth-order valence-electron chi connectivity index (χ4n) is 1.45. The summed E-state index contributed by atoms with van der Waals surface area (Å²) < 4.78 is 12.6. The van der Waals surface area contributed by atoms with Gasteiger partial charge in [0.1, 0.15) is 5.82 Å². The molecule has 3 heteroatoms. The zero-order valence-electron chi connectivity index (χ0n) is 9.28. The molecular weight excluding hydrogens is 193 g/mol. The summed E-state index contributed by atoms with van der Waals surface area (Å²) >= 11 is 0. The van der Waals surface area contributed by atoms with Crippen LogP contribution in [0.25, 0.3) is 0 Å². The molecule has 0 aromatic heterocycles. The van der Waals surface area contributed by atoms with Gasteiger partial charge in [0.25, 0.3) is 0 Å². The van der Waals surface area contributed by atoms with Gasteiger partial charge in [0.05, 0.1) is 6.10 Å². The number of hydrogen-bond acceptors (Lipinski definition) is 2. The summed E-state index contributed by atoms with van der Waals surface area (Å²) in [5, 5.41) is 9.45. The number of benzene rings is 1. The van der Waals surface area contributed by atoms with Crippen molar-refractivity contribution >= 4 is 0 Å². The second-order valence-corrected chi connectivity index (χ2v) is 3.89. The van der Waals surface area contributed by atoms with Crippen molar-refractivity contribution < 1.29 is 9.50 Å². The van der Waals surface area contributed by atoms with Crippen molar-refractivity contribution in [2.45, 2.75) is 26.0 Å². The second-order valence-electron chi connectivity index (χ2n) is 3.89. The standard InChI is InChI=1S/C12H18FNO/c1-3-12(15)9-14(2)8-10-4-6-11(13)7-5-10/h4-7,12,15H,3,8-9H2,1-2H3. The van der Waals surface area contributed by atoms with Gasteiger partial charge >= 0.3 is 0 Å². The number of hydrogen-bond donors (Lipinski definition) is 1. The van der Waals surface area contributed by atoms with Crippen molar-refractivity contribution in [1.82, 2.24) is 4.90 Å². The molecular formula is C12H18FNO. The second kappa shape index (κ2) is 5.83. The van der Waals surface area contributed by atoms with E-state index in [9.17, 15) is 9.50 Å². The van der Waals surface area contributed by atoms with Gasteiger partial charge in [-0.15, -0.1) is 0 Å². The topological polar surface area (TPSA) is 23.5 Å². The Labute approximate surface area is 90.3 Å². The first kappa shape index (κ1) is 12.1. The van der Waals surface area contributed by atoms with Gasteiger partial charge in [0.2, 0.25) is 0 Å². The van der Waals surface area contributed by atoms with Crippen LogP contribution in [-0.4, -0.2) is 29.7 Å². The number of halogens is 1. The minimum atomic E-state index is -0.282. The summed E-state index contributed by atoms with van der Waals surface area (Å²) in [6.07, 6.45) is 0.476. The van der Waals surface area contributed by atoms with Gasteiger partial charge in [-0.3, -0.25) is 4.90 Å². The minimum Gasteiger partial charge on any atom is -0.392 e. The first-order chi connectivity index (χ1) is 7.11. The van der Waals surface area contributed by atoms with E-state index in [1.54, 1.807) is 12.1 Å². The molecule has 2 nitrogen and oxygen atoms in total. The van der Waals surface area contributed by atoms with Crippen LogP contribution in [0.2, 0.25) is 0 Å². The predicted octanol–water partition coefficient (Wildman–Crippen LogP) is 2.03. The summed E-state index contributed by atoms with van der Waals surface area (Å²) in [7, 11) is 1.95. The van der Waals surface area contributed by atoms with E-state index < -0.39 is 0 Å². The first-order valence-corrected chi connectivity index (χ1v) is 5.23. The van der Waals surface area contributed by atoms with E-state index in [0.29, 0.717) is 6.54 Å². The van der Waals surface area contributed by atoms with Gasteiger partial charge < -0.3 is 5.11 Å². The van der Waals surface area contributed by atoms with Crippen LogP contribution in [0.4, 0.5) is 4.39 Å². The molecule has 0 aliphatic rings. The minimum absolute atomic E-state index is 0.213.